The van der Waals surface area contributed by atoms with E-state index in [-0.39, 0.29) is 0 Å². The molecule has 0 aromatic heterocycles. The number of benzene rings is 2. The first-order valence-electron chi connectivity index (χ1n) is 7.16. The first-order chi connectivity index (χ1) is 11.4. The maximum atomic E-state index is 13.3. The fourth-order valence-corrected chi connectivity index (χ4v) is 2.81. The van der Waals surface area contributed by atoms with Gasteiger partial charge in [0.15, 0.2) is 6.04 Å². The van der Waals surface area contributed by atoms with Crippen LogP contribution >= 0.6 is 0 Å². The van der Waals surface area contributed by atoms with E-state index in [1.165, 1.54) is 0 Å². The molecule has 0 bridgehead atoms. The molecule has 8 heteroatoms. The van der Waals surface area contributed by atoms with Crippen LogP contribution in [-0.2, 0) is 4.84 Å². The Morgan fingerprint density at radius 1 is 1.00 bits per heavy atom. The van der Waals surface area contributed by atoms with Gasteiger partial charge in [0.05, 0.1) is 5.69 Å². The molecular weight excluding hydrogens is 325 g/mol. The van der Waals surface area contributed by atoms with Gasteiger partial charge in [-0.2, -0.15) is 13.2 Å². The molecular formula is C16H13F3N2O3. The number of hydrogen-bond acceptors (Lipinski definition) is 4. The summed E-state index contributed by atoms with van der Waals surface area (Å²) in [5.41, 5.74) is 0.708. The van der Waals surface area contributed by atoms with Crippen molar-refractivity contribution in [2.45, 2.75) is 24.4 Å². The molecule has 2 aromatic rings. The van der Waals surface area contributed by atoms with Crippen molar-refractivity contribution in [2.75, 3.05) is 5.06 Å². The van der Waals surface area contributed by atoms with Gasteiger partial charge in [0.25, 0.3) is 6.04 Å². The number of anilines is 1. The summed E-state index contributed by atoms with van der Waals surface area (Å²) in [6.45, 7) is 0. The van der Waals surface area contributed by atoms with Crippen LogP contribution in [0.4, 0.5) is 18.9 Å². The van der Waals surface area contributed by atoms with Crippen LogP contribution in [0.3, 0.4) is 0 Å². The van der Waals surface area contributed by atoms with Gasteiger partial charge in [-0.3, -0.25) is 15.0 Å². The van der Waals surface area contributed by atoms with Crippen molar-refractivity contribution in [2.24, 2.45) is 0 Å². The van der Waals surface area contributed by atoms with Gasteiger partial charge in [-0.1, -0.05) is 48.5 Å². The van der Waals surface area contributed by atoms with Gasteiger partial charge in [-0.05, 0) is 17.7 Å². The van der Waals surface area contributed by atoms with Crippen molar-refractivity contribution in [1.29, 1.82) is 0 Å². The number of para-hydroxylation sites is 1. The SMILES string of the molecule is O=[N+]([O-])[C@H]1[C@H](C(F)(F)F)ON(c2ccccc2)[C@H]1c1ccccc1. The standard InChI is InChI=1S/C16H13F3N2O3/c17-16(18,19)15-14(21(22)23)13(11-7-3-1-4-8-11)20(24-15)12-9-5-2-6-10-12/h1-10,13-15H/t13-,14+,15+/m0/s1. The summed E-state index contributed by atoms with van der Waals surface area (Å²) in [5.74, 6) is 0. The van der Waals surface area contributed by atoms with E-state index in [1.54, 1.807) is 60.7 Å². The molecule has 1 fully saturated rings. The molecule has 0 saturated carbocycles. The molecule has 24 heavy (non-hydrogen) atoms. The summed E-state index contributed by atoms with van der Waals surface area (Å²) in [5, 5.41) is 12.4. The Bertz CT molecular complexity index is 710. The maximum Gasteiger partial charge on any atom is 0.424 e. The first-order valence-corrected chi connectivity index (χ1v) is 7.16. The van der Waals surface area contributed by atoms with Crippen molar-refractivity contribution in [3.05, 3.63) is 76.3 Å². The summed E-state index contributed by atoms with van der Waals surface area (Å²) in [6.07, 6.45) is -7.37. The minimum absolute atomic E-state index is 0.324. The minimum atomic E-state index is -4.85. The molecule has 3 rings (SSSR count). The zero-order valence-electron chi connectivity index (χ0n) is 12.3. The molecule has 126 valence electrons. The smallest absolute Gasteiger partial charge is 0.264 e. The van der Waals surface area contributed by atoms with Crippen molar-refractivity contribution < 1.29 is 22.9 Å². The summed E-state index contributed by atoms with van der Waals surface area (Å²) in [7, 11) is 0. The highest BCUT2D eigenvalue weighted by atomic mass is 19.4. The molecule has 0 radical (unpaired) electrons. The van der Waals surface area contributed by atoms with Gasteiger partial charge in [0, 0.05) is 4.92 Å². The molecule has 1 aliphatic heterocycles. The third-order valence-electron chi connectivity index (χ3n) is 3.83. The second-order valence-corrected chi connectivity index (χ2v) is 5.36. The predicted molar refractivity (Wildman–Crippen MR) is 79.8 cm³/mol. The predicted octanol–water partition coefficient (Wildman–Crippen LogP) is 3.76. The Balaban J connectivity index is 2.11. The van der Waals surface area contributed by atoms with E-state index >= 15 is 0 Å². The minimum Gasteiger partial charge on any atom is -0.264 e. The van der Waals surface area contributed by atoms with Crippen LogP contribution in [0.15, 0.2) is 60.7 Å². The van der Waals surface area contributed by atoms with Crippen molar-refractivity contribution >= 4 is 5.69 Å². The molecule has 0 spiro atoms. The summed E-state index contributed by atoms with van der Waals surface area (Å²) in [6, 6.07) is 12.9. The second-order valence-electron chi connectivity index (χ2n) is 5.36. The molecule has 1 aliphatic rings. The van der Waals surface area contributed by atoms with E-state index in [9.17, 15) is 23.3 Å². The Kier molecular flexibility index (Phi) is 4.15. The van der Waals surface area contributed by atoms with Crippen LogP contribution in [0.5, 0.6) is 0 Å². The number of hydroxylamine groups is 1. The largest absolute Gasteiger partial charge is 0.424 e. The molecule has 0 amide bonds. The molecule has 0 N–H and O–H groups in total. The van der Waals surface area contributed by atoms with Crippen LogP contribution in [0.1, 0.15) is 11.6 Å². The number of rotatable bonds is 3. The number of nitrogens with zero attached hydrogens (tertiary/aromatic N) is 2. The van der Waals surface area contributed by atoms with Crippen molar-refractivity contribution in [3.63, 3.8) is 0 Å². The van der Waals surface area contributed by atoms with Crippen LogP contribution < -0.4 is 5.06 Å². The molecule has 1 heterocycles. The monoisotopic (exact) mass is 338 g/mol. The fraction of sp³-hybridized carbons (Fsp3) is 0.250. The Labute approximate surface area is 135 Å². The molecule has 1 saturated heterocycles. The lowest BCUT2D eigenvalue weighted by Crippen LogP contribution is -2.43. The highest BCUT2D eigenvalue weighted by molar-refractivity contribution is 5.48. The van der Waals surface area contributed by atoms with Crippen molar-refractivity contribution in [1.82, 2.24) is 0 Å². The Hall–Kier alpha value is -2.61. The van der Waals surface area contributed by atoms with Gasteiger partial charge >= 0.3 is 6.18 Å². The summed E-state index contributed by atoms with van der Waals surface area (Å²) < 4.78 is 39.9. The molecule has 2 aromatic carbocycles. The number of halogens is 3. The van der Waals surface area contributed by atoms with Gasteiger partial charge < -0.3 is 0 Å². The third kappa shape index (κ3) is 2.92. The van der Waals surface area contributed by atoms with E-state index < -0.39 is 29.3 Å². The van der Waals surface area contributed by atoms with E-state index in [1.807, 2.05) is 0 Å². The lowest BCUT2D eigenvalue weighted by atomic mass is 9.96. The van der Waals surface area contributed by atoms with Gasteiger partial charge in [-0.25, -0.2) is 5.06 Å². The highest BCUT2D eigenvalue weighted by Gasteiger charge is 2.63. The van der Waals surface area contributed by atoms with Crippen molar-refractivity contribution in [3.8, 4) is 0 Å². The Morgan fingerprint density at radius 3 is 2.04 bits per heavy atom. The lowest BCUT2D eigenvalue weighted by molar-refractivity contribution is -0.538. The van der Waals surface area contributed by atoms with Gasteiger partial charge in [0.2, 0.25) is 6.10 Å². The average molecular weight is 338 g/mol. The van der Waals surface area contributed by atoms with Gasteiger partial charge in [0.1, 0.15) is 0 Å². The molecule has 3 atom stereocenters. The second kappa shape index (κ2) is 6.12. The fourth-order valence-electron chi connectivity index (χ4n) is 2.81. The summed E-state index contributed by atoms with van der Waals surface area (Å²) >= 11 is 0. The molecule has 5 nitrogen and oxygen atoms in total. The zero-order chi connectivity index (χ0) is 17.3. The summed E-state index contributed by atoms with van der Waals surface area (Å²) in [4.78, 5) is 15.5. The first kappa shape index (κ1) is 16.3. The molecule has 0 unspecified atom stereocenters. The maximum absolute atomic E-state index is 13.3. The number of nitro groups is 1. The molecule has 0 aliphatic carbocycles. The van der Waals surface area contributed by atoms with E-state index in [2.05, 4.69) is 0 Å². The Morgan fingerprint density at radius 2 is 1.54 bits per heavy atom. The number of hydrogen-bond donors (Lipinski definition) is 0. The van der Waals surface area contributed by atoms with E-state index in [0.29, 0.717) is 11.3 Å². The number of alkyl halides is 3. The van der Waals surface area contributed by atoms with Crippen LogP contribution in [0.25, 0.3) is 0 Å². The lowest BCUT2D eigenvalue weighted by Gasteiger charge is -2.24. The van der Waals surface area contributed by atoms with Crippen LogP contribution in [0.2, 0.25) is 0 Å². The quantitative estimate of drug-likeness (QED) is 0.632. The van der Waals surface area contributed by atoms with Crippen LogP contribution in [0, 0.1) is 10.1 Å². The normalized spacial score (nSPS) is 24.1. The topological polar surface area (TPSA) is 55.6 Å². The van der Waals surface area contributed by atoms with Gasteiger partial charge in [-0.15, -0.1) is 0 Å². The third-order valence-corrected chi connectivity index (χ3v) is 3.83. The van der Waals surface area contributed by atoms with Crippen LogP contribution in [-0.4, -0.2) is 23.2 Å². The van der Waals surface area contributed by atoms with E-state index in [4.69, 9.17) is 4.84 Å². The zero-order valence-corrected chi connectivity index (χ0v) is 12.3. The highest BCUT2D eigenvalue weighted by Crippen LogP contribution is 2.44. The average Bonchev–Trinajstić information content (AvgIpc) is 2.97. The van der Waals surface area contributed by atoms with E-state index in [0.717, 1.165) is 5.06 Å².